The number of aryl methyl sites for hydroxylation is 1. The van der Waals surface area contributed by atoms with Gasteiger partial charge in [-0.3, -0.25) is 0 Å². The highest BCUT2D eigenvalue weighted by Gasteiger charge is 2.30. The number of sulfone groups is 1. The van der Waals surface area contributed by atoms with E-state index in [4.69, 9.17) is 10.5 Å². The molecule has 0 saturated carbocycles. The summed E-state index contributed by atoms with van der Waals surface area (Å²) in [4.78, 5) is 0.273. The highest BCUT2D eigenvalue weighted by Crippen LogP contribution is 2.33. The fourth-order valence-electron chi connectivity index (χ4n) is 2.25. The van der Waals surface area contributed by atoms with Gasteiger partial charge in [0, 0.05) is 12.1 Å². The molecule has 5 heteroatoms. The van der Waals surface area contributed by atoms with Crippen LogP contribution in [0.1, 0.15) is 16.4 Å². The molecule has 0 saturated heterocycles. The van der Waals surface area contributed by atoms with E-state index in [0.29, 0.717) is 11.3 Å². The van der Waals surface area contributed by atoms with E-state index in [2.05, 4.69) is 0 Å². The van der Waals surface area contributed by atoms with Crippen molar-refractivity contribution in [2.24, 2.45) is 5.73 Å². The van der Waals surface area contributed by atoms with Crippen LogP contribution in [0.3, 0.4) is 0 Å². The zero-order valence-corrected chi connectivity index (χ0v) is 12.9. The number of para-hydroxylation sites is 1. The van der Waals surface area contributed by atoms with Crippen LogP contribution in [0.5, 0.6) is 5.75 Å². The smallest absolute Gasteiger partial charge is 0.186 e. The lowest BCUT2D eigenvalue weighted by molar-refractivity contribution is 0.408. The Morgan fingerprint density at radius 3 is 2.29 bits per heavy atom. The van der Waals surface area contributed by atoms with E-state index in [1.165, 1.54) is 7.11 Å². The van der Waals surface area contributed by atoms with Gasteiger partial charge in [-0.05, 0) is 25.1 Å². The highest BCUT2D eigenvalue weighted by atomic mass is 32.2. The Balaban J connectivity index is 2.52. The minimum Gasteiger partial charge on any atom is -0.496 e. The van der Waals surface area contributed by atoms with Crippen LogP contribution in [0, 0.1) is 6.92 Å². The average molecular weight is 305 g/mol. The maximum atomic E-state index is 12.8. The van der Waals surface area contributed by atoms with Crippen LogP contribution < -0.4 is 10.5 Å². The molecule has 2 rings (SSSR count). The maximum absolute atomic E-state index is 12.8. The molecule has 21 heavy (non-hydrogen) atoms. The van der Waals surface area contributed by atoms with Gasteiger partial charge in [0.25, 0.3) is 0 Å². The minimum atomic E-state index is -3.56. The number of nitrogens with two attached hydrogens (primary N) is 1. The van der Waals surface area contributed by atoms with E-state index in [9.17, 15) is 8.42 Å². The first kappa shape index (κ1) is 15.5. The number of ether oxygens (including phenoxy) is 1. The van der Waals surface area contributed by atoms with Crippen molar-refractivity contribution in [2.45, 2.75) is 17.1 Å². The van der Waals surface area contributed by atoms with E-state index in [1.54, 1.807) is 48.5 Å². The van der Waals surface area contributed by atoms with E-state index >= 15 is 0 Å². The van der Waals surface area contributed by atoms with Crippen molar-refractivity contribution in [3.8, 4) is 5.75 Å². The van der Waals surface area contributed by atoms with Crippen LogP contribution >= 0.6 is 0 Å². The Hall–Kier alpha value is -1.85. The van der Waals surface area contributed by atoms with E-state index in [-0.39, 0.29) is 11.4 Å². The quantitative estimate of drug-likeness (QED) is 0.921. The molecular formula is C16H19NO3S. The fourth-order valence-corrected chi connectivity index (χ4v) is 3.87. The lowest BCUT2D eigenvalue weighted by Gasteiger charge is -2.19. The van der Waals surface area contributed by atoms with Gasteiger partial charge in [-0.2, -0.15) is 0 Å². The number of hydrogen-bond donors (Lipinski definition) is 1. The van der Waals surface area contributed by atoms with E-state index < -0.39 is 15.1 Å². The second kappa shape index (κ2) is 6.28. The van der Waals surface area contributed by atoms with Crippen LogP contribution in [0.2, 0.25) is 0 Å². The van der Waals surface area contributed by atoms with Gasteiger partial charge in [-0.25, -0.2) is 8.42 Å². The molecule has 0 aliphatic carbocycles. The molecule has 2 aromatic carbocycles. The molecule has 1 atom stereocenters. The summed E-state index contributed by atoms with van der Waals surface area (Å²) in [5.74, 6) is 0.531. The largest absolute Gasteiger partial charge is 0.496 e. The Kier molecular flexibility index (Phi) is 4.65. The lowest BCUT2D eigenvalue weighted by Crippen LogP contribution is -2.22. The molecule has 0 spiro atoms. The summed E-state index contributed by atoms with van der Waals surface area (Å²) in [6.07, 6.45) is 0. The van der Waals surface area contributed by atoms with Gasteiger partial charge < -0.3 is 10.5 Å². The fraction of sp³-hybridized carbons (Fsp3) is 0.250. The number of hydrogen-bond acceptors (Lipinski definition) is 4. The third kappa shape index (κ3) is 3.09. The molecule has 0 fully saturated rings. The molecule has 0 aliphatic rings. The second-order valence-corrected chi connectivity index (χ2v) is 6.95. The van der Waals surface area contributed by atoms with Crippen LogP contribution in [0.25, 0.3) is 0 Å². The molecule has 0 bridgehead atoms. The van der Waals surface area contributed by atoms with Crippen LogP contribution in [0.15, 0.2) is 53.4 Å². The summed E-state index contributed by atoms with van der Waals surface area (Å²) in [6, 6.07) is 13.8. The third-order valence-electron chi connectivity index (χ3n) is 3.42. The van der Waals surface area contributed by atoms with Crippen LogP contribution in [-0.4, -0.2) is 22.1 Å². The molecule has 0 aliphatic heterocycles. The summed E-state index contributed by atoms with van der Waals surface area (Å²) in [5, 5.41) is -0.823. The molecule has 0 radical (unpaired) electrons. The SMILES string of the molecule is COc1ccccc1C(CN)S(=O)(=O)c1ccc(C)cc1. The van der Waals surface area contributed by atoms with E-state index in [0.717, 1.165) is 5.56 Å². The number of rotatable bonds is 5. The van der Waals surface area contributed by atoms with Crippen molar-refractivity contribution in [1.29, 1.82) is 0 Å². The molecule has 4 nitrogen and oxygen atoms in total. The first-order valence-corrected chi connectivity index (χ1v) is 8.19. The number of methoxy groups -OCH3 is 1. The molecule has 0 aromatic heterocycles. The van der Waals surface area contributed by atoms with Crippen molar-refractivity contribution in [1.82, 2.24) is 0 Å². The zero-order valence-electron chi connectivity index (χ0n) is 12.1. The van der Waals surface area contributed by atoms with Crippen molar-refractivity contribution in [3.05, 3.63) is 59.7 Å². The van der Waals surface area contributed by atoms with Gasteiger partial charge in [-0.15, -0.1) is 0 Å². The summed E-state index contributed by atoms with van der Waals surface area (Å²) in [6.45, 7) is 1.91. The summed E-state index contributed by atoms with van der Waals surface area (Å²) < 4.78 is 30.9. The molecular weight excluding hydrogens is 286 g/mol. The van der Waals surface area contributed by atoms with Gasteiger partial charge in [0.2, 0.25) is 0 Å². The summed E-state index contributed by atoms with van der Waals surface area (Å²) in [5.41, 5.74) is 7.34. The van der Waals surface area contributed by atoms with Gasteiger partial charge in [0.05, 0.1) is 12.0 Å². The maximum Gasteiger partial charge on any atom is 0.186 e. The molecule has 2 aromatic rings. The third-order valence-corrected chi connectivity index (χ3v) is 5.55. The van der Waals surface area contributed by atoms with Gasteiger partial charge in [0.1, 0.15) is 11.0 Å². The Morgan fingerprint density at radius 1 is 1.10 bits per heavy atom. The highest BCUT2D eigenvalue weighted by molar-refractivity contribution is 7.91. The molecule has 0 heterocycles. The van der Waals surface area contributed by atoms with Crippen molar-refractivity contribution >= 4 is 9.84 Å². The minimum absolute atomic E-state index is 0.00339. The first-order chi connectivity index (χ1) is 10.0. The zero-order chi connectivity index (χ0) is 15.5. The molecule has 1 unspecified atom stereocenters. The number of benzene rings is 2. The van der Waals surface area contributed by atoms with Gasteiger partial charge in [0.15, 0.2) is 9.84 Å². The van der Waals surface area contributed by atoms with Gasteiger partial charge in [-0.1, -0.05) is 35.9 Å². The predicted molar refractivity (Wildman–Crippen MR) is 83.2 cm³/mol. The van der Waals surface area contributed by atoms with Crippen molar-refractivity contribution in [3.63, 3.8) is 0 Å². The lowest BCUT2D eigenvalue weighted by atomic mass is 10.1. The summed E-state index contributed by atoms with van der Waals surface area (Å²) in [7, 11) is -2.04. The normalized spacial score (nSPS) is 12.9. The van der Waals surface area contributed by atoms with Crippen LogP contribution in [-0.2, 0) is 9.84 Å². The second-order valence-electron chi connectivity index (χ2n) is 4.82. The monoisotopic (exact) mass is 305 g/mol. The van der Waals surface area contributed by atoms with Crippen molar-refractivity contribution < 1.29 is 13.2 Å². The van der Waals surface area contributed by atoms with E-state index in [1.807, 2.05) is 6.92 Å². The standard InChI is InChI=1S/C16H19NO3S/c1-12-7-9-13(10-8-12)21(18,19)16(11-17)14-5-3-4-6-15(14)20-2/h3-10,16H,11,17H2,1-2H3. The first-order valence-electron chi connectivity index (χ1n) is 6.64. The van der Waals surface area contributed by atoms with Crippen molar-refractivity contribution in [2.75, 3.05) is 13.7 Å². The topological polar surface area (TPSA) is 69.4 Å². The molecule has 0 amide bonds. The Bertz CT molecular complexity index is 709. The van der Waals surface area contributed by atoms with Gasteiger partial charge >= 0.3 is 0 Å². The van der Waals surface area contributed by atoms with Crippen LogP contribution in [0.4, 0.5) is 0 Å². The summed E-state index contributed by atoms with van der Waals surface area (Å²) >= 11 is 0. The molecule has 112 valence electrons. The average Bonchev–Trinajstić information content (AvgIpc) is 2.48. The predicted octanol–water partition coefficient (Wildman–Crippen LogP) is 2.48. The Labute approximate surface area is 125 Å². The Morgan fingerprint density at radius 2 is 1.71 bits per heavy atom. The molecule has 2 N–H and O–H groups in total.